The van der Waals surface area contributed by atoms with Gasteiger partial charge in [-0.2, -0.15) is 0 Å². The van der Waals surface area contributed by atoms with Gasteiger partial charge in [-0.15, -0.1) is 0 Å². The third kappa shape index (κ3) is 3.70. The molecule has 0 aromatic heterocycles. The van der Waals surface area contributed by atoms with Gasteiger partial charge in [0.05, 0.1) is 17.7 Å². The maximum atomic E-state index is 12.8. The predicted molar refractivity (Wildman–Crippen MR) is 94.3 cm³/mol. The number of nitrogens with one attached hydrogen (secondary N) is 1. The van der Waals surface area contributed by atoms with Crippen LogP contribution in [0.25, 0.3) is 0 Å². The number of benzene rings is 2. The SMILES string of the molecule is COc1ccc(S(C)(=O)=O)cc1S(=O)(=O)Nc1ccc2c(c1)OCCO2. The van der Waals surface area contributed by atoms with Crippen LogP contribution >= 0.6 is 0 Å². The highest BCUT2D eigenvalue weighted by molar-refractivity contribution is 7.93. The van der Waals surface area contributed by atoms with Crippen LogP contribution in [0.5, 0.6) is 17.2 Å². The van der Waals surface area contributed by atoms with E-state index >= 15 is 0 Å². The van der Waals surface area contributed by atoms with E-state index in [2.05, 4.69) is 4.72 Å². The van der Waals surface area contributed by atoms with Crippen molar-refractivity contribution in [2.45, 2.75) is 9.79 Å². The van der Waals surface area contributed by atoms with Gasteiger partial charge in [-0.05, 0) is 30.3 Å². The highest BCUT2D eigenvalue weighted by atomic mass is 32.2. The molecule has 1 heterocycles. The maximum Gasteiger partial charge on any atom is 0.265 e. The molecule has 8 nitrogen and oxygen atoms in total. The van der Waals surface area contributed by atoms with Gasteiger partial charge >= 0.3 is 0 Å². The molecule has 0 amide bonds. The number of sulfone groups is 1. The summed E-state index contributed by atoms with van der Waals surface area (Å²) in [6, 6.07) is 8.27. The van der Waals surface area contributed by atoms with E-state index in [-0.39, 0.29) is 21.2 Å². The molecule has 2 aromatic carbocycles. The van der Waals surface area contributed by atoms with Crippen LogP contribution in [-0.4, -0.2) is 43.4 Å². The average Bonchev–Trinajstić information content (AvgIpc) is 2.60. The first kappa shape index (κ1) is 18.3. The molecule has 1 N–H and O–H groups in total. The third-order valence-corrected chi connectivity index (χ3v) is 6.16. The van der Waals surface area contributed by atoms with E-state index in [1.54, 1.807) is 6.07 Å². The Bertz CT molecular complexity index is 1050. The minimum Gasteiger partial charge on any atom is -0.495 e. The zero-order valence-corrected chi connectivity index (χ0v) is 15.7. The van der Waals surface area contributed by atoms with Gasteiger partial charge in [0.1, 0.15) is 23.9 Å². The van der Waals surface area contributed by atoms with Crippen molar-refractivity contribution in [1.29, 1.82) is 0 Å². The number of hydrogen-bond donors (Lipinski definition) is 1. The van der Waals surface area contributed by atoms with E-state index < -0.39 is 19.9 Å². The first-order valence-corrected chi connectivity index (χ1v) is 10.9. The van der Waals surface area contributed by atoms with Crippen LogP contribution in [0.4, 0.5) is 5.69 Å². The van der Waals surface area contributed by atoms with E-state index in [1.807, 2.05) is 0 Å². The summed E-state index contributed by atoms with van der Waals surface area (Å²) in [5.41, 5.74) is 0.251. The van der Waals surface area contributed by atoms with Crippen molar-refractivity contribution in [3.63, 3.8) is 0 Å². The fourth-order valence-electron chi connectivity index (χ4n) is 2.41. The monoisotopic (exact) mass is 399 g/mol. The zero-order chi connectivity index (χ0) is 18.9. The smallest absolute Gasteiger partial charge is 0.265 e. The second-order valence-corrected chi connectivity index (χ2v) is 9.22. The second kappa shape index (κ2) is 6.69. The summed E-state index contributed by atoms with van der Waals surface area (Å²) in [7, 11) is -6.38. The molecule has 0 bridgehead atoms. The summed E-state index contributed by atoms with van der Waals surface area (Å²) in [5.74, 6) is 0.978. The fourth-order valence-corrected chi connectivity index (χ4v) is 4.38. The van der Waals surface area contributed by atoms with E-state index in [0.29, 0.717) is 24.7 Å². The summed E-state index contributed by atoms with van der Waals surface area (Å²) in [4.78, 5) is -0.404. The summed E-state index contributed by atoms with van der Waals surface area (Å²) < 4.78 is 67.3. The lowest BCUT2D eigenvalue weighted by Gasteiger charge is -2.19. The first-order valence-electron chi connectivity index (χ1n) is 7.51. The summed E-state index contributed by atoms with van der Waals surface area (Å²) in [6.07, 6.45) is 0.999. The molecular formula is C16H17NO7S2. The van der Waals surface area contributed by atoms with Crippen LogP contribution < -0.4 is 18.9 Å². The molecular weight excluding hydrogens is 382 g/mol. The average molecular weight is 399 g/mol. The molecule has 2 aromatic rings. The van der Waals surface area contributed by atoms with Gasteiger partial charge in [0, 0.05) is 12.3 Å². The zero-order valence-electron chi connectivity index (χ0n) is 14.1. The van der Waals surface area contributed by atoms with Crippen molar-refractivity contribution in [3.05, 3.63) is 36.4 Å². The molecule has 0 spiro atoms. The molecule has 0 aliphatic carbocycles. The van der Waals surface area contributed by atoms with Crippen molar-refractivity contribution in [2.24, 2.45) is 0 Å². The van der Waals surface area contributed by atoms with E-state index in [4.69, 9.17) is 14.2 Å². The first-order chi connectivity index (χ1) is 12.2. The molecule has 1 aliphatic heterocycles. The maximum absolute atomic E-state index is 12.8. The van der Waals surface area contributed by atoms with E-state index in [9.17, 15) is 16.8 Å². The summed E-state index contributed by atoms with van der Waals surface area (Å²) in [6.45, 7) is 0.793. The standard InChI is InChI=1S/C16H17NO7S2/c1-22-14-6-4-12(25(2,18)19)10-16(14)26(20,21)17-11-3-5-13-15(9-11)24-8-7-23-13/h3-6,9-10,17H,7-8H2,1-2H3. The van der Waals surface area contributed by atoms with Crippen molar-refractivity contribution in [3.8, 4) is 17.2 Å². The molecule has 0 fully saturated rings. The van der Waals surface area contributed by atoms with Crippen LogP contribution in [0, 0.1) is 0 Å². The largest absolute Gasteiger partial charge is 0.495 e. The number of hydrogen-bond acceptors (Lipinski definition) is 7. The Hall–Kier alpha value is -2.46. The number of anilines is 1. The number of sulfonamides is 1. The molecule has 140 valence electrons. The predicted octanol–water partition coefficient (Wildman–Crippen LogP) is 1.67. The van der Waals surface area contributed by atoms with Gasteiger partial charge < -0.3 is 14.2 Å². The molecule has 0 radical (unpaired) electrons. The van der Waals surface area contributed by atoms with Gasteiger partial charge in [0.15, 0.2) is 21.3 Å². The third-order valence-electron chi connectivity index (χ3n) is 3.65. The Morgan fingerprint density at radius 3 is 2.31 bits per heavy atom. The Balaban J connectivity index is 2.00. The van der Waals surface area contributed by atoms with Gasteiger partial charge in [-0.3, -0.25) is 4.72 Å². The minimum absolute atomic E-state index is 0.0300. The van der Waals surface area contributed by atoms with Crippen molar-refractivity contribution in [1.82, 2.24) is 0 Å². The highest BCUT2D eigenvalue weighted by Gasteiger charge is 2.23. The fraction of sp³-hybridized carbons (Fsp3) is 0.250. The Labute approximate surface area is 151 Å². The molecule has 26 heavy (non-hydrogen) atoms. The quantitative estimate of drug-likeness (QED) is 0.815. The van der Waals surface area contributed by atoms with E-state index in [0.717, 1.165) is 12.3 Å². The molecule has 0 saturated heterocycles. The lowest BCUT2D eigenvalue weighted by atomic mass is 10.3. The molecule has 10 heteroatoms. The highest BCUT2D eigenvalue weighted by Crippen LogP contribution is 2.34. The number of methoxy groups -OCH3 is 1. The second-order valence-electron chi connectivity index (χ2n) is 5.55. The van der Waals surface area contributed by atoms with Crippen molar-refractivity contribution >= 4 is 25.5 Å². The van der Waals surface area contributed by atoms with Crippen molar-refractivity contribution in [2.75, 3.05) is 31.3 Å². The van der Waals surface area contributed by atoms with Crippen LogP contribution in [0.3, 0.4) is 0 Å². The number of rotatable bonds is 5. The molecule has 3 rings (SSSR count). The van der Waals surface area contributed by atoms with Crippen molar-refractivity contribution < 1.29 is 31.0 Å². The molecule has 1 aliphatic rings. The number of fused-ring (bicyclic) bond motifs is 1. The van der Waals surface area contributed by atoms with Crippen LogP contribution in [-0.2, 0) is 19.9 Å². The van der Waals surface area contributed by atoms with Gasteiger partial charge in [-0.25, -0.2) is 16.8 Å². The van der Waals surface area contributed by atoms with Crippen LogP contribution in [0.2, 0.25) is 0 Å². The topological polar surface area (TPSA) is 108 Å². The lowest BCUT2D eigenvalue weighted by Crippen LogP contribution is -2.17. The minimum atomic E-state index is -4.10. The van der Waals surface area contributed by atoms with E-state index in [1.165, 1.54) is 31.4 Å². The van der Waals surface area contributed by atoms with Gasteiger partial charge in [0.25, 0.3) is 10.0 Å². The molecule has 0 unspecified atom stereocenters. The van der Waals surface area contributed by atoms with Gasteiger partial charge in [-0.1, -0.05) is 0 Å². The Kier molecular flexibility index (Phi) is 4.72. The van der Waals surface area contributed by atoms with Gasteiger partial charge in [0.2, 0.25) is 0 Å². The summed E-state index contributed by atoms with van der Waals surface area (Å²) >= 11 is 0. The number of ether oxygens (including phenoxy) is 3. The molecule has 0 saturated carbocycles. The lowest BCUT2D eigenvalue weighted by molar-refractivity contribution is 0.171. The summed E-state index contributed by atoms with van der Waals surface area (Å²) in [5, 5.41) is 0. The molecule has 0 atom stereocenters. The Morgan fingerprint density at radius 1 is 0.962 bits per heavy atom. The van der Waals surface area contributed by atoms with Crippen LogP contribution in [0.15, 0.2) is 46.2 Å². The Morgan fingerprint density at radius 2 is 1.65 bits per heavy atom. The normalized spacial score (nSPS) is 13.9. The van der Waals surface area contributed by atoms with Crippen LogP contribution in [0.1, 0.15) is 0 Å².